The maximum absolute atomic E-state index is 13.3. The highest BCUT2D eigenvalue weighted by Gasteiger charge is 2.10. The monoisotopic (exact) mass is 248 g/mol. The second-order valence-corrected chi connectivity index (χ2v) is 5.29. The third-order valence-corrected chi connectivity index (χ3v) is 3.83. The van der Waals surface area contributed by atoms with Crippen LogP contribution >= 0.6 is 23.4 Å². The van der Waals surface area contributed by atoms with E-state index in [1.807, 2.05) is 6.92 Å². The molecule has 0 fully saturated rings. The lowest BCUT2D eigenvalue weighted by Gasteiger charge is -2.14. The van der Waals surface area contributed by atoms with Gasteiger partial charge >= 0.3 is 0 Å². The van der Waals surface area contributed by atoms with Crippen LogP contribution in [0.4, 0.5) is 4.39 Å². The molecule has 0 aromatic heterocycles. The second-order valence-electron chi connectivity index (χ2n) is 3.49. The minimum atomic E-state index is -0.384. The average Bonchev–Trinajstić information content (AvgIpc) is 2.15. The Morgan fingerprint density at radius 3 is 2.67 bits per heavy atom. The second kappa shape index (κ2) is 5.73. The van der Waals surface area contributed by atoms with Crippen LogP contribution in [0.5, 0.6) is 0 Å². The summed E-state index contributed by atoms with van der Waals surface area (Å²) in [5, 5.41) is 9.78. The Kier molecular flexibility index (Phi) is 4.90. The van der Waals surface area contributed by atoms with E-state index in [1.165, 1.54) is 17.8 Å². The largest absolute Gasteiger partial charge is 0.392 e. The molecule has 0 heterocycles. The van der Waals surface area contributed by atoms with E-state index >= 15 is 0 Å². The topological polar surface area (TPSA) is 20.2 Å². The summed E-state index contributed by atoms with van der Waals surface area (Å²) >= 11 is 7.17. The Bertz CT molecular complexity index is 330. The van der Waals surface area contributed by atoms with Crippen LogP contribution < -0.4 is 0 Å². The molecule has 2 unspecified atom stereocenters. The zero-order valence-corrected chi connectivity index (χ0v) is 10.3. The first kappa shape index (κ1) is 12.8. The van der Waals surface area contributed by atoms with Gasteiger partial charge in [0.15, 0.2) is 0 Å². The van der Waals surface area contributed by atoms with Gasteiger partial charge in [-0.3, -0.25) is 0 Å². The molecule has 0 aliphatic rings. The molecule has 1 aromatic carbocycles. The van der Waals surface area contributed by atoms with Crippen molar-refractivity contribution in [3.05, 3.63) is 34.6 Å². The molecular weight excluding hydrogens is 235 g/mol. The molecule has 1 rings (SSSR count). The maximum atomic E-state index is 13.3. The van der Waals surface area contributed by atoms with Crippen LogP contribution in [0.25, 0.3) is 0 Å². The molecule has 84 valence electrons. The SMILES string of the molecule is CC(O)C(C)SCc1ccc(Cl)cc1F. The lowest BCUT2D eigenvalue weighted by atomic mass is 10.2. The van der Waals surface area contributed by atoms with Crippen molar-refractivity contribution in [3.8, 4) is 0 Å². The van der Waals surface area contributed by atoms with Crippen molar-refractivity contribution >= 4 is 23.4 Å². The van der Waals surface area contributed by atoms with Crippen molar-refractivity contribution in [3.63, 3.8) is 0 Å². The molecule has 0 radical (unpaired) electrons. The molecule has 0 spiro atoms. The van der Waals surface area contributed by atoms with Crippen molar-refractivity contribution in [2.45, 2.75) is 31.0 Å². The van der Waals surface area contributed by atoms with Crippen LogP contribution in [0.1, 0.15) is 19.4 Å². The quantitative estimate of drug-likeness (QED) is 0.880. The van der Waals surface area contributed by atoms with Crippen molar-refractivity contribution in [2.24, 2.45) is 0 Å². The predicted octanol–water partition coefficient (Wildman–Crippen LogP) is 3.48. The number of aliphatic hydroxyl groups excluding tert-OH is 1. The summed E-state index contributed by atoms with van der Waals surface area (Å²) in [4.78, 5) is 0. The number of hydrogen-bond acceptors (Lipinski definition) is 2. The number of halogens is 2. The van der Waals surface area contributed by atoms with Crippen molar-refractivity contribution in [2.75, 3.05) is 0 Å². The molecule has 4 heteroatoms. The fraction of sp³-hybridized carbons (Fsp3) is 0.455. The van der Waals surface area contributed by atoms with E-state index in [0.29, 0.717) is 16.3 Å². The van der Waals surface area contributed by atoms with Gasteiger partial charge in [-0.15, -0.1) is 0 Å². The average molecular weight is 249 g/mol. The van der Waals surface area contributed by atoms with Gasteiger partial charge < -0.3 is 5.11 Å². The standard InChI is InChI=1S/C11H14ClFOS/c1-7(14)8(2)15-6-9-3-4-10(12)5-11(9)13/h3-5,7-8,14H,6H2,1-2H3. The molecule has 0 saturated carbocycles. The van der Waals surface area contributed by atoms with E-state index in [-0.39, 0.29) is 17.2 Å². The van der Waals surface area contributed by atoms with Gasteiger partial charge in [-0.25, -0.2) is 4.39 Å². The Balaban J connectivity index is 2.58. The van der Waals surface area contributed by atoms with E-state index in [2.05, 4.69) is 0 Å². The lowest BCUT2D eigenvalue weighted by Crippen LogP contribution is -2.15. The number of thioether (sulfide) groups is 1. The first-order valence-electron chi connectivity index (χ1n) is 4.74. The summed E-state index contributed by atoms with van der Waals surface area (Å²) in [5.41, 5.74) is 0.622. The van der Waals surface area contributed by atoms with Crippen LogP contribution in [0.15, 0.2) is 18.2 Å². The van der Waals surface area contributed by atoms with Crippen LogP contribution in [0.2, 0.25) is 5.02 Å². The normalized spacial score (nSPS) is 15.0. The highest BCUT2D eigenvalue weighted by atomic mass is 35.5. The molecule has 0 aliphatic heterocycles. The lowest BCUT2D eigenvalue weighted by molar-refractivity contribution is 0.196. The fourth-order valence-corrected chi connectivity index (χ4v) is 2.11. The molecule has 0 amide bonds. The van der Waals surface area contributed by atoms with Gasteiger partial charge in [0.1, 0.15) is 5.82 Å². The van der Waals surface area contributed by atoms with Crippen molar-refractivity contribution in [1.29, 1.82) is 0 Å². The Morgan fingerprint density at radius 1 is 1.47 bits per heavy atom. The Hall–Kier alpha value is -0.250. The third kappa shape index (κ3) is 4.01. The summed E-state index contributed by atoms with van der Waals surface area (Å²) in [6.45, 7) is 3.65. The van der Waals surface area contributed by atoms with Crippen molar-refractivity contribution in [1.82, 2.24) is 0 Å². The summed E-state index contributed by atoms with van der Waals surface area (Å²) < 4.78 is 13.3. The van der Waals surface area contributed by atoms with Crippen LogP contribution in [0, 0.1) is 5.82 Å². The van der Waals surface area contributed by atoms with Gasteiger partial charge in [-0.05, 0) is 24.6 Å². The maximum Gasteiger partial charge on any atom is 0.128 e. The predicted molar refractivity (Wildman–Crippen MR) is 63.8 cm³/mol. The minimum Gasteiger partial charge on any atom is -0.392 e. The van der Waals surface area contributed by atoms with E-state index in [9.17, 15) is 9.50 Å². The smallest absolute Gasteiger partial charge is 0.128 e. The van der Waals surface area contributed by atoms with Gasteiger partial charge in [-0.2, -0.15) is 11.8 Å². The van der Waals surface area contributed by atoms with E-state index in [4.69, 9.17) is 11.6 Å². The molecule has 0 aliphatic carbocycles. The van der Waals surface area contributed by atoms with E-state index < -0.39 is 0 Å². The van der Waals surface area contributed by atoms with Gasteiger partial charge in [-0.1, -0.05) is 24.6 Å². The summed E-state index contributed by atoms with van der Waals surface area (Å²) in [5.74, 6) is 0.266. The van der Waals surface area contributed by atoms with Gasteiger partial charge in [0, 0.05) is 16.0 Å². The summed E-state index contributed by atoms with van der Waals surface area (Å²) in [6.07, 6.45) is -0.384. The third-order valence-electron chi connectivity index (χ3n) is 2.20. The van der Waals surface area contributed by atoms with Crippen LogP contribution in [-0.2, 0) is 5.75 Å². The molecule has 1 aromatic rings. The summed E-state index contributed by atoms with van der Waals surface area (Å²) in [7, 11) is 0. The zero-order valence-electron chi connectivity index (χ0n) is 8.71. The molecule has 1 nitrogen and oxygen atoms in total. The van der Waals surface area contributed by atoms with E-state index in [1.54, 1.807) is 19.1 Å². The number of aliphatic hydroxyl groups is 1. The van der Waals surface area contributed by atoms with Crippen LogP contribution in [0.3, 0.4) is 0 Å². The Labute approximate surface area is 98.6 Å². The molecule has 0 bridgehead atoms. The molecule has 1 N–H and O–H groups in total. The molecule has 2 atom stereocenters. The molecule has 15 heavy (non-hydrogen) atoms. The first-order chi connectivity index (χ1) is 7.00. The number of benzene rings is 1. The first-order valence-corrected chi connectivity index (χ1v) is 6.17. The van der Waals surface area contributed by atoms with Crippen molar-refractivity contribution < 1.29 is 9.50 Å². The highest BCUT2D eigenvalue weighted by molar-refractivity contribution is 7.99. The molecular formula is C11H14ClFOS. The summed E-state index contributed by atoms with van der Waals surface area (Å²) in [6, 6.07) is 4.66. The van der Waals surface area contributed by atoms with Gasteiger partial charge in [0.25, 0.3) is 0 Å². The van der Waals surface area contributed by atoms with E-state index in [0.717, 1.165) is 0 Å². The number of hydrogen-bond donors (Lipinski definition) is 1. The molecule has 0 saturated heterocycles. The fourth-order valence-electron chi connectivity index (χ4n) is 0.999. The number of rotatable bonds is 4. The van der Waals surface area contributed by atoms with Gasteiger partial charge in [0.2, 0.25) is 0 Å². The zero-order chi connectivity index (χ0) is 11.4. The van der Waals surface area contributed by atoms with Gasteiger partial charge in [0.05, 0.1) is 6.10 Å². The highest BCUT2D eigenvalue weighted by Crippen LogP contribution is 2.23. The minimum absolute atomic E-state index is 0.0973. The van der Waals surface area contributed by atoms with Crippen LogP contribution in [-0.4, -0.2) is 16.5 Å². The Morgan fingerprint density at radius 2 is 2.13 bits per heavy atom.